The zero-order chi connectivity index (χ0) is 35.7. The molecule has 3 aliphatic carbocycles. The van der Waals surface area contributed by atoms with Gasteiger partial charge in [-0.05, 0) is 67.7 Å². The van der Waals surface area contributed by atoms with Gasteiger partial charge in [0.25, 0.3) is 0 Å². The maximum atomic E-state index is 14.0. The largest absolute Gasteiger partial charge is 0.502 e. The highest BCUT2D eigenvalue weighted by atomic mass is 19.4. The van der Waals surface area contributed by atoms with Crippen LogP contribution in [0.3, 0.4) is 0 Å². The molecule has 2 aromatic carbocycles. The highest BCUT2D eigenvalue weighted by molar-refractivity contribution is 6.24. The van der Waals surface area contributed by atoms with Gasteiger partial charge in [-0.1, -0.05) is 23.8 Å². The maximum Gasteiger partial charge on any atom is 0.416 e. The predicted octanol–water partition coefficient (Wildman–Crippen LogP) is 6.63. The molecule has 0 aromatic heterocycles. The van der Waals surface area contributed by atoms with Gasteiger partial charge in [0.2, 0.25) is 17.6 Å². The molecule has 1 aliphatic heterocycles. The smallest absolute Gasteiger partial charge is 0.416 e. The Bertz CT molecular complexity index is 1890. The zero-order valence-electron chi connectivity index (χ0n) is 26.0. The summed E-state index contributed by atoms with van der Waals surface area (Å²) in [5.74, 6) is -7.07. The summed E-state index contributed by atoms with van der Waals surface area (Å²) in [6, 6.07) is 3.57. The number of fused-ring (bicyclic) bond motifs is 3. The van der Waals surface area contributed by atoms with Crippen molar-refractivity contribution in [1.82, 2.24) is 0 Å². The normalized spacial score (nSPS) is 24.1. The van der Waals surface area contributed by atoms with Crippen molar-refractivity contribution in [2.24, 2.45) is 23.7 Å². The quantitative estimate of drug-likeness (QED) is 0.163. The van der Waals surface area contributed by atoms with E-state index in [1.54, 1.807) is 18.2 Å². The Hall–Kier alpha value is -5.14. The molecule has 4 unspecified atom stereocenters. The number of anilines is 1. The number of rotatable bonds is 5. The number of methoxy groups -OCH3 is 2. The average Bonchev–Trinajstić information content (AvgIpc) is 3.30. The molecule has 2 amide bonds. The Balaban J connectivity index is 1.44. The second kappa shape index (κ2) is 11.8. The van der Waals surface area contributed by atoms with Crippen molar-refractivity contribution >= 4 is 35.1 Å². The van der Waals surface area contributed by atoms with E-state index >= 15 is 0 Å². The van der Waals surface area contributed by atoms with E-state index in [0.717, 1.165) is 0 Å². The Labute approximate surface area is 275 Å². The second-order valence-corrected chi connectivity index (χ2v) is 12.2. The summed E-state index contributed by atoms with van der Waals surface area (Å²) in [5.41, 5.74) is -2.79. The minimum atomic E-state index is -5.21. The molecule has 256 valence electrons. The Kier molecular flexibility index (Phi) is 8.11. The number of allylic oxidation sites excluding steroid dienone is 7. The van der Waals surface area contributed by atoms with E-state index in [0.29, 0.717) is 28.2 Å². The molecule has 49 heavy (non-hydrogen) atoms. The summed E-state index contributed by atoms with van der Waals surface area (Å²) in [5, 5.41) is 10.3. The summed E-state index contributed by atoms with van der Waals surface area (Å²) in [7, 11) is 2.67. The molecular weight excluding hydrogens is 660 g/mol. The molecular formula is C35H27F6NO7. The predicted molar refractivity (Wildman–Crippen MR) is 161 cm³/mol. The second-order valence-electron chi connectivity index (χ2n) is 12.2. The molecule has 0 radical (unpaired) electrons. The lowest BCUT2D eigenvalue weighted by Gasteiger charge is -2.41. The molecule has 4 aliphatic rings. The number of phenolic OH excluding ortho intramolecular Hbond substituents is 1. The van der Waals surface area contributed by atoms with Crippen molar-refractivity contribution in [2.45, 2.75) is 32.1 Å². The lowest BCUT2D eigenvalue weighted by molar-refractivity contribution is -0.143. The van der Waals surface area contributed by atoms with E-state index in [1.165, 1.54) is 39.4 Å². The van der Waals surface area contributed by atoms with Gasteiger partial charge < -0.3 is 14.6 Å². The Morgan fingerprint density at radius 2 is 1.45 bits per heavy atom. The molecule has 0 bridgehead atoms. The van der Waals surface area contributed by atoms with Gasteiger partial charge >= 0.3 is 12.4 Å². The van der Waals surface area contributed by atoms with Crippen LogP contribution in [0.1, 0.15) is 36.5 Å². The minimum absolute atomic E-state index is 0.0845. The van der Waals surface area contributed by atoms with Gasteiger partial charge in [-0.3, -0.25) is 19.2 Å². The third kappa shape index (κ3) is 5.62. The number of nitrogens with zero attached hydrogens (tertiary/aromatic N) is 1. The van der Waals surface area contributed by atoms with Crippen LogP contribution in [0.15, 0.2) is 70.9 Å². The van der Waals surface area contributed by atoms with Crippen molar-refractivity contribution in [3.05, 3.63) is 87.5 Å². The fraction of sp³-hybridized carbons (Fsp3) is 0.314. The van der Waals surface area contributed by atoms with Crippen molar-refractivity contribution in [1.29, 1.82) is 0 Å². The number of phenols is 1. The highest BCUT2D eigenvalue weighted by Crippen LogP contribution is 2.54. The summed E-state index contributed by atoms with van der Waals surface area (Å²) in [6.45, 7) is 1.49. The molecule has 0 saturated carbocycles. The third-order valence-electron chi connectivity index (χ3n) is 9.43. The van der Waals surface area contributed by atoms with Crippen LogP contribution in [-0.2, 0) is 31.5 Å². The first kappa shape index (κ1) is 33.7. The Morgan fingerprint density at radius 3 is 2.00 bits per heavy atom. The molecule has 14 heteroatoms. The van der Waals surface area contributed by atoms with Crippen LogP contribution in [0.5, 0.6) is 17.2 Å². The Morgan fingerprint density at radius 1 is 0.857 bits per heavy atom. The number of amides is 2. The van der Waals surface area contributed by atoms with Crippen LogP contribution in [0.4, 0.5) is 32.0 Å². The number of aromatic hydroxyl groups is 1. The molecule has 0 spiro atoms. The van der Waals surface area contributed by atoms with Crippen molar-refractivity contribution in [3.63, 3.8) is 0 Å². The summed E-state index contributed by atoms with van der Waals surface area (Å²) in [4.78, 5) is 54.9. The lowest BCUT2D eigenvalue weighted by Crippen LogP contribution is -2.40. The van der Waals surface area contributed by atoms with Crippen LogP contribution in [0.25, 0.3) is 6.08 Å². The minimum Gasteiger partial charge on any atom is -0.502 e. The molecule has 1 saturated heterocycles. The van der Waals surface area contributed by atoms with Gasteiger partial charge in [0.15, 0.2) is 23.1 Å². The van der Waals surface area contributed by atoms with E-state index in [-0.39, 0.29) is 52.9 Å². The maximum absolute atomic E-state index is 14.0. The molecule has 6 rings (SSSR count). The summed E-state index contributed by atoms with van der Waals surface area (Å²) >= 11 is 0. The monoisotopic (exact) mass is 687 g/mol. The number of imide groups is 1. The van der Waals surface area contributed by atoms with Crippen LogP contribution in [-0.4, -0.2) is 42.7 Å². The van der Waals surface area contributed by atoms with E-state index in [4.69, 9.17) is 9.47 Å². The van der Waals surface area contributed by atoms with Crippen LogP contribution >= 0.6 is 0 Å². The molecule has 2 aromatic rings. The molecule has 1 fully saturated rings. The van der Waals surface area contributed by atoms with Gasteiger partial charge in [-0.25, -0.2) is 4.90 Å². The van der Waals surface area contributed by atoms with Gasteiger partial charge in [0, 0.05) is 22.6 Å². The fourth-order valence-electron chi connectivity index (χ4n) is 7.18. The standard InChI is InChI=1S/C35H27F6NO7/c1-15-8-25(43)24-14-23-20(21(28(24)30(15)44)5-4-16-9-26(48-2)31(45)27(10-16)49-3)6-7-22-29(23)33(47)42(32(22)46)19-12-17(34(36,37)38)11-18(13-19)35(39,40)41/h4-6,8-13,21-23,29,45H,7,14H2,1-3H3. The number of carbonyl (C=O) groups excluding carboxylic acids is 4. The zero-order valence-corrected chi connectivity index (χ0v) is 26.0. The summed E-state index contributed by atoms with van der Waals surface area (Å²) < 4.78 is 92.4. The number of hydrogen-bond donors (Lipinski definition) is 1. The van der Waals surface area contributed by atoms with Gasteiger partial charge in [-0.15, -0.1) is 0 Å². The van der Waals surface area contributed by atoms with Crippen LogP contribution in [0, 0.1) is 23.7 Å². The van der Waals surface area contributed by atoms with E-state index in [9.17, 15) is 50.6 Å². The number of ketones is 2. The lowest BCUT2D eigenvalue weighted by atomic mass is 9.60. The van der Waals surface area contributed by atoms with Gasteiger partial charge in [0.1, 0.15) is 0 Å². The van der Waals surface area contributed by atoms with E-state index in [2.05, 4.69) is 0 Å². The molecule has 1 N–H and O–H groups in total. The molecule has 8 nitrogen and oxygen atoms in total. The number of alkyl halides is 6. The van der Waals surface area contributed by atoms with Crippen molar-refractivity contribution < 1.29 is 60.1 Å². The third-order valence-corrected chi connectivity index (χ3v) is 9.43. The SMILES string of the molecule is COc1cc(C=CC2C3=CCC4C(=O)N(c5cc(C(F)(F)F)cc(C(F)(F)F)c5)C(=O)C4C3CC3=C2C(=O)C(C)=CC3=O)cc(OC)c1O. The summed E-state index contributed by atoms with van der Waals surface area (Å²) in [6.07, 6.45) is -4.63. The topological polar surface area (TPSA) is 110 Å². The van der Waals surface area contributed by atoms with E-state index in [1.807, 2.05) is 0 Å². The average molecular weight is 688 g/mol. The number of carbonyl (C=O) groups is 4. The fourth-order valence-corrected chi connectivity index (χ4v) is 7.18. The van der Waals surface area contributed by atoms with Crippen LogP contribution < -0.4 is 14.4 Å². The molecule has 4 atom stereocenters. The van der Waals surface area contributed by atoms with Crippen LogP contribution in [0.2, 0.25) is 0 Å². The number of Topliss-reactive ketones (excluding diaryl/α,β-unsaturated/α-hetero) is 1. The van der Waals surface area contributed by atoms with Gasteiger partial charge in [0.05, 0.1) is 42.9 Å². The number of benzene rings is 2. The van der Waals surface area contributed by atoms with Gasteiger partial charge in [-0.2, -0.15) is 26.3 Å². The number of halogens is 6. The number of ether oxygens (including phenoxy) is 2. The van der Waals surface area contributed by atoms with Crippen molar-refractivity contribution in [3.8, 4) is 17.2 Å². The van der Waals surface area contributed by atoms with Crippen molar-refractivity contribution in [2.75, 3.05) is 19.1 Å². The number of hydrogen-bond acceptors (Lipinski definition) is 7. The first-order valence-electron chi connectivity index (χ1n) is 15.0. The highest BCUT2D eigenvalue weighted by Gasteiger charge is 2.56. The van der Waals surface area contributed by atoms with E-state index < -0.39 is 76.2 Å². The molecule has 1 heterocycles. The first-order chi connectivity index (χ1) is 23.0. The first-order valence-corrected chi connectivity index (χ1v) is 15.0.